The molecule has 0 aliphatic carbocycles. The predicted molar refractivity (Wildman–Crippen MR) is 168 cm³/mol. The van der Waals surface area contributed by atoms with Crippen molar-refractivity contribution in [1.82, 2.24) is 0 Å². The van der Waals surface area contributed by atoms with Crippen molar-refractivity contribution in [2.24, 2.45) is 0 Å². The topological polar surface area (TPSA) is 52.6 Å². The molecular weight excluding hydrogens is 484 g/mol. The number of ether oxygens (including phenoxy) is 2. The SMILES string of the molecule is C=C(C)C.CC.CC.COc1ccc(OC(=O)/C=C/c2ccc(C)cc2)cc1.Cc1ccc(/C=C/C=O)cc1. The zero-order valence-corrected chi connectivity index (χ0v) is 25.2. The van der Waals surface area contributed by atoms with Crippen LogP contribution in [0.3, 0.4) is 0 Å². The Kier molecular flexibility index (Phi) is 22.9. The van der Waals surface area contributed by atoms with Gasteiger partial charge in [0.15, 0.2) is 0 Å². The van der Waals surface area contributed by atoms with E-state index in [0.29, 0.717) is 5.75 Å². The molecule has 3 aromatic rings. The summed E-state index contributed by atoms with van der Waals surface area (Å²) in [5, 5.41) is 0. The van der Waals surface area contributed by atoms with Crippen molar-refractivity contribution in [1.29, 1.82) is 0 Å². The van der Waals surface area contributed by atoms with Gasteiger partial charge in [0.05, 0.1) is 7.11 Å². The summed E-state index contributed by atoms with van der Waals surface area (Å²) in [7, 11) is 1.59. The Morgan fingerprint density at radius 3 is 1.46 bits per heavy atom. The molecule has 0 aromatic heterocycles. The number of carbonyl (C=O) groups is 2. The van der Waals surface area contributed by atoms with E-state index in [-0.39, 0.29) is 0 Å². The first-order valence-electron chi connectivity index (χ1n) is 13.1. The Hall–Kier alpha value is -4.18. The molecule has 0 saturated heterocycles. The van der Waals surface area contributed by atoms with Gasteiger partial charge >= 0.3 is 5.97 Å². The lowest BCUT2D eigenvalue weighted by Crippen LogP contribution is -2.03. The molecule has 0 N–H and O–H groups in total. The molecule has 39 heavy (non-hydrogen) atoms. The third-order valence-corrected chi connectivity index (χ3v) is 4.21. The average Bonchev–Trinajstić information content (AvgIpc) is 2.95. The van der Waals surface area contributed by atoms with Crippen LogP contribution in [-0.2, 0) is 9.59 Å². The maximum absolute atomic E-state index is 11.7. The largest absolute Gasteiger partial charge is 0.497 e. The summed E-state index contributed by atoms with van der Waals surface area (Å²) in [6.45, 7) is 19.6. The van der Waals surface area contributed by atoms with Crippen LogP contribution < -0.4 is 9.47 Å². The van der Waals surface area contributed by atoms with Crippen LogP contribution in [0.2, 0.25) is 0 Å². The number of benzene rings is 3. The van der Waals surface area contributed by atoms with Gasteiger partial charge in [-0.15, -0.1) is 6.58 Å². The second kappa shape index (κ2) is 24.2. The predicted octanol–water partition coefficient (Wildman–Crippen LogP) is 9.46. The van der Waals surface area contributed by atoms with Crippen LogP contribution in [-0.4, -0.2) is 19.4 Å². The minimum Gasteiger partial charge on any atom is -0.497 e. The molecule has 0 unspecified atom stereocenters. The zero-order valence-electron chi connectivity index (χ0n) is 25.2. The van der Waals surface area contributed by atoms with Crippen molar-refractivity contribution in [3.63, 3.8) is 0 Å². The lowest BCUT2D eigenvalue weighted by molar-refractivity contribution is -0.128. The van der Waals surface area contributed by atoms with Gasteiger partial charge in [-0.3, -0.25) is 4.79 Å². The quantitative estimate of drug-likeness (QED) is 0.105. The number of rotatable bonds is 6. The van der Waals surface area contributed by atoms with E-state index in [2.05, 4.69) is 6.58 Å². The molecule has 0 aliphatic rings. The Morgan fingerprint density at radius 2 is 1.08 bits per heavy atom. The van der Waals surface area contributed by atoms with Gasteiger partial charge in [-0.2, -0.15) is 0 Å². The summed E-state index contributed by atoms with van der Waals surface area (Å²) in [5.41, 5.74) is 5.60. The maximum Gasteiger partial charge on any atom is 0.336 e. The van der Waals surface area contributed by atoms with Crippen molar-refractivity contribution in [3.8, 4) is 11.5 Å². The molecule has 0 radical (unpaired) electrons. The first-order valence-corrected chi connectivity index (χ1v) is 13.1. The van der Waals surface area contributed by atoms with Gasteiger partial charge in [0.2, 0.25) is 0 Å². The molecule has 0 amide bonds. The minimum atomic E-state index is -0.407. The monoisotopic (exact) mass is 530 g/mol. The highest BCUT2D eigenvalue weighted by Crippen LogP contribution is 2.17. The highest BCUT2D eigenvalue weighted by atomic mass is 16.5. The van der Waals surface area contributed by atoms with Crippen LogP contribution in [0, 0.1) is 13.8 Å². The Balaban J connectivity index is 0. The van der Waals surface area contributed by atoms with Gasteiger partial charge in [0.1, 0.15) is 17.8 Å². The highest BCUT2D eigenvalue weighted by molar-refractivity contribution is 5.88. The van der Waals surface area contributed by atoms with Crippen molar-refractivity contribution < 1.29 is 19.1 Å². The van der Waals surface area contributed by atoms with Gasteiger partial charge in [0.25, 0.3) is 0 Å². The Bertz CT molecular complexity index is 1100. The molecular formula is C35H46O4. The Morgan fingerprint density at radius 1 is 0.692 bits per heavy atom. The summed E-state index contributed by atoms with van der Waals surface area (Å²) in [4.78, 5) is 21.6. The third-order valence-electron chi connectivity index (χ3n) is 4.21. The number of allylic oxidation sites excluding steroid dienone is 2. The normalized spacial score (nSPS) is 9.26. The second-order valence-electron chi connectivity index (χ2n) is 7.95. The van der Waals surface area contributed by atoms with Crippen molar-refractivity contribution in [2.45, 2.75) is 55.4 Å². The molecule has 4 heteroatoms. The van der Waals surface area contributed by atoms with Crippen LogP contribution in [0.1, 0.15) is 63.8 Å². The number of hydrogen-bond donors (Lipinski definition) is 0. The number of methoxy groups -OCH3 is 1. The van der Waals surface area contributed by atoms with Gasteiger partial charge in [-0.05, 0) is 75.2 Å². The molecule has 0 spiro atoms. The summed E-state index contributed by atoms with van der Waals surface area (Å²) in [6, 6.07) is 22.8. The van der Waals surface area contributed by atoms with Crippen molar-refractivity contribution >= 4 is 24.4 Å². The Labute approximate surface area is 236 Å². The lowest BCUT2D eigenvalue weighted by Gasteiger charge is -2.03. The number of hydrogen-bond acceptors (Lipinski definition) is 4. The van der Waals surface area contributed by atoms with Crippen LogP contribution in [0.15, 0.2) is 97.1 Å². The van der Waals surface area contributed by atoms with Crippen molar-refractivity contribution in [2.75, 3.05) is 7.11 Å². The van der Waals surface area contributed by atoms with E-state index in [1.807, 2.05) is 104 Å². The molecule has 3 rings (SSSR count). The van der Waals surface area contributed by atoms with Crippen LogP contribution in [0.4, 0.5) is 0 Å². The van der Waals surface area contributed by atoms with Crippen LogP contribution in [0.25, 0.3) is 12.2 Å². The van der Waals surface area contributed by atoms with Gasteiger partial charge in [-0.25, -0.2) is 4.79 Å². The fraction of sp³-hybridized carbons (Fsp3) is 0.257. The average molecular weight is 531 g/mol. The molecule has 0 heterocycles. The molecule has 3 aromatic carbocycles. The van der Waals surface area contributed by atoms with Crippen molar-refractivity contribution in [3.05, 3.63) is 119 Å². The summed E-state index contributed by atoms with van der Waals surface area (Å²) in [5.74, 6) is 0.806. The number of carbonyl (C=O) groups excluding carboxylic acids is 2. The fourth-order valence-electron chi connectivity index (χ4n) is 2.46. The maximum atomic E-state index is 11.7. The summed E-state index contributed by atoms with van der Waals surface area (Å²) in [6.07, 6.45) is 7.19. The van der Waals surface area contributed by atoms with Crippen LogP contribution >= 0.6 is 0 Å². The van der Waals surface area contributed by atoms with Gasteiger partial charge < -0.3 is 9.47 Å². The zero-order chi connectivity index (χ0) is 30.1. The standard InChI is InChI=1S/C17H16O3.C10H10O.C4H8.2C2H6/c1-13-3-5-14(6-4-13)7-12-17(18)20-16-10-8-15(19-2)9-11-16;1-9-4-6-10(7-5-9)3-2-8-11;1-4(2)3;2*1-2/h3-12H,1-2H3;2-8H,1H3;1H2,2-3H3;2*1-2H3/b12-7+;3-2+;;;. The molecule has 0 saturated carbocycles. The van der Waals surface area contributed by atoms with E-state index in [0.717, 1.165) is 23.2 Å². The smallest absolute Gasteiger partial charge is 0.336 e. The van der Waals surface area contributed by atoms with Crippen LogP contribution in [0.5, 0.6) is 11.5 Å². The second-order valence-corrected chi connectivity index (χ2v) is 7.95. The third kappa shape index (κ3) is 20.6. The molecule has 4 nitrogen and oxygen atoms in total. The molecule has 0 fully saturated rings. The lowest BCUT2D eigenvalue weighted by atomic mass is 10.1. The van der Waals surface area contributed by atoms with E-state index in [1.165, 1.54) is 28.9 Å². The van der Waals surface area contributed by atoms with E-state index in [4.69, 9.17) is 9.47 Å². The number of aldehydes is 1. The molecule has 210 valence electrons. The molecule has 0 aliphatic heterocycles. The van der Waals surface area contributed by atoms with E-state index >= 15 is 0 Å². The van der Waals surface area contributed by atoms with E-state index in [1.54, 1.807) is 43.5 Å². The number of esters is 1. The highest BCUT2D eigenvalue weighted by Gasteiger charge is 2.00. The van der Waals surface area contributed by atoms with E-state index in [9.17, 15) is 9.59 Å². The first-order chi connectivity index (χ1) is 18.7. The first kappa shape index (κ1) is 37.0. The summed E-state index contributed by atoms with van der Waals surface area (Å²) < 4.78 is 10.2. The van der Waals surface area contributed by atoms with Gasteiger partial charge in [-0.1, -0.05) is 99.0 Å². The summed E-state index contributed by atoms with van der Waals surface area (Å²) >= 11 is 0. The fourth-order valence-corrected chi connectivity index (χ4v) is 2.46. The van der Waals surface area contributed by atoms with E-state index < -0.39 is 5.97 Å². The van der Waals surface area contributed by atoms with Gasteiger partial charge in [0, 0.05) is 6.08 Å². The number of aryl methyl sites for hydroxylation is 2. The molecule has 0 atom stereocenters. The minimum absolute atomic E-state index is 0.407. The molecule has 0 bridgehead atoms.